The van der Waals surface area contributed by atoms with Crippen LogP contribution in [0.4, 0.5) is 5.00 Å². The fourth-order valence-electron chi connectivity index (χ4n) is 4.37. The first kappa shape index (κ1) is 23.0. The Morgan fingerprint density at radius 1 is 1.03 bits per heavy atom. The van der Waals surface area contributed by atoms with Crippen molar-refractivity contribution in [3.63, 3.8) is 0 Å². The highest BCUT2D eigenvalue weighted by molar-refractivity contribution is 7.16. The van der Waals surface area contributed by atoms with Crippen LogP contribution in [0, 0.1) is 13.8 Å². The van der Waals surface area contributed by atoms with Gasteiger partial charge in [0, 0.05) is 47.2 Å². The molecule has 1 atom stereocenters. The van der Waals surface area contributed by atoms with Crippen LogP contribution in [0.25, 0.3) is 0 Å². The van der Waals surface area contributed by atoms with E-state index in [0.717, 1.165) is 42.7 Å². The predicted molar refractivity (Wildman–Crippen MR) is 135 cm³/mol. The first-order chi connectivity index (χ1) is 15.5. The highest BCUT2D eigenvalue weighted by atomic mass is 35.5. The maximum Gasteiger partial charge on any atom is 0.256 e. The topological polar surface area (TPSA) is 35.6 Å². The van der Waals surface area contributed by atoms with Gasteiger partial charge in [-0.15, -0.1) is 11.3 Å². The van der Waals surface area contributed by atoms with Crippen LogP contribution < -0.4 is 5.32 Å². The summed E-state index contributed by atoms with van der Waals surface area (Å²) in [6, 6.07) is 17.6. The minimum atomic E-state index is -0.0706. The number of thiophene rings is 1. The summed E-state index contributed by atoms with van der Waals surface area (Å²) >= 11 is 7.88. The van der Waals surface area contributed by atoms with E-state index in [1.54, 1.807) is 11.3 Å². The molecule has 0 unspecified atom stereocenters. The minimum Gasteiger partial charge on any atom is -0.313 e. The number of hydrogen-bond acceptors (Lipinski definition) is 4. The van der Waals surface area contributed by atoms with Crippen LogP contribution in [0.1, 0.15) is 44.9 Å². The summed E-state index contributed by atoms with van der Waals surface area (Å²) in [5, 5.41) is 4.90. The Labute approximate surface area is 199 Å². The van der Waals surface area contributed by atoms with Crippen LogP contribution in [-0.4, -0.2) is 48.4 Å². The molecule has 0 saturated carbocycles. The number of carbonyl (C=O) groups is 1. The van der Waals surface area contributed by atoms with Crippen LogP contribution in [0.2, 0.25) is 5.02 Å². The van der Waals surface area contributed by atoms with Crippen molar-refractivity contribution in [1.82, 2.24) is 9.80 Å². The molecule has 0 radical (unpaired) electrons. The predicted octanol–water partition coefficient (Wildman–Crippen LogP) is 6.00. The quantitative estimate of drug-likeness (QED) is 0.483. The second-order valence-corrected chi connectivity index (χ2v) is 9.93. The van der Waals surface area contributed by atoms with Gasteiger partial charge < -0.3 is 10.2 Å². The van der Waals surface area contributed by atoms with Gasteiger partial charge in [-0.2, -0.15) is 0 Å². The molecule has 2 heterocycles. The van der Waals surface area contributed by atoms with Gasteiger partial charge in [-0.1, -0.05) is 48.9 Å². The summed E-state index contributed by atoms with van der Waals surface area (Å²) in [5.41, 5.74) is 4.32. The summed E-state index contributed by atoms with van der Waals surface area (Å²) < 4.78 is 0. The van der Waals surface area contributed by atoms with E-state index in [2.05, 4.69) is 48.0 Å². The second kappa shape index (κ2) is 10.2. The van der Waals surface area contributed by atoms with Gasteiger partial charge in [0.1, 0.15) is 5.00 Å². The van der Waals surface area contributed by atoms with Crippen molar-refractivity contribution in [1.29, 1.82) is 0 Å². The summed E-state index contributed by atoms with van der Waals surface area (Å²) in [6.07, 6.45) is 0. The molecule has 0 spiro atoms. The Bertz CT molecular complexity index is 1060. The SMILES string of the molecule is CCN1CCN([C@H](c2ccc(Cl)cc2)c2c(NC(=O)c3ccccc3)sc(C)c2C)CC1. The number of rotatable bonds is 6. The second-order valence-electron chi connectivity index (χ2n) is 8.27. The Kier molecular flexibility index (Phi) is 7.31. The molecule has 3 aromatic rings. The summed E-state index contributed by atoms with van der Waals surface area (Å²) in [5.74, 6) is -0.0706. The smallest absolute Gasteiger partial charge is 0.256 e. The fraction of sp³-hybridized carbons (Fsp3) is 0.346. The Morgan fingerprint density at radius 3 is 2.31 bits per heavy atom. The number of nitrogens with one attached hydrogen (secondary N) is 1. The van der Waals surface area contributed by atoms with Crippen LogP contribution in [0.15, 0.2) is 54.6 Å². The first-order valence-corrected chi connectivity index (χ1v) is 12.4. The maximum absolute atomic E-state index is 13.0. The van der Waals surface area contributed by atoms with E-state index in [-0.39, 0.29) is 11.9 Å². The molecule has 0 aliphatic carbocycles. The van der Waals surface area contributed by atoms with Crippen molar-refractivity contribution >= 4 is 33.8 Å². The van der Waals surface area contributed by atoms with E-state index >= 15 is 0 Å². The van der Waals surface area contributed by atoms with Crippen molar-refractivity contribution in [2.75, 3.05) is 38.0 Å². The maximum atomic E-state index is 13.0. The summed E-state index contributed by atoms with van der Waals surface area (Å²) in [7, 11) is 0. The highest BCUT2D eigenvalue weighted by Crippen LogP contribution is 2.42. The van der Waals surface area contributed by atoms with Gasteiger partial charge >= 0.3 is 0 Å². The number of hydrogen-bond donors (Lipinski definition) is 1. The van der Waals surface area contributed by atoms with Gasteiger partial charge in [0.2, 0.25) is 0 Å². The largest absolute Gasteiger partial charge is 0.313 e. The molecule has 1 saturated heterocycles. The molecular weight excluding hydrogens is 438 g/mol. The molecule has 1 aromatic heterocycles. The third kappa shape index (κ3) is 4.91. The zero-order valence-electron chi connectivity index (χ0n) is 18.9. The van der Waals surface area contributed by atoms with E-state index in [0.29, 0.717) is 5.56 Å². The molecule has 6 heteroatoms. The zero-order valence-corrected chi connectivity index (χ0v) is 20.5. The van der Waals surface area contributed by atoms with Crippen molar-refractivity contribution in [2.24, 2.45) is 0 Å². The van der Waals surface area contributed by atoms with Gasteiger partial charge in [0.25, 0.3) is 5.91 Å². The van der Waals surface area contributed by atoms with Crippen molar-refractivity contribution in [2.45, 2.75) is 26.8 Å². The first-order valence-electron chi connectivity index (χ1n) is 11.2. The van der Waals surface area contributed by atoms with Crippen molar-refractivity contribution < 1.29 is 4.79 Å². The van der Waals surface area contributed by atoms with Gasteiger partial charge in [-0.3, -0.25) is 9.69 Å². The van der Waals surface area contributed by atoms with E-state index in [4.69, 9.17) is 11.6 Å². The monoisotopic (exact) mass is 467 g/mol. The molecule has 168 valence electrons. The van der Waals surface area contributed by atoms with E-state index in [1.165, 1.54) is 21.6 Å². The molecule has 0 bridgehead atoms. The van der Waals surface area contributed by atoms with E-state index < -0.39 is 0 Å². The van der Waals surface area contributed by atoms with Crippen molar-refractivity contribution in [3.8, 4) is 0 Å². The lowest BCUT2D eigenvalue weighted by Gasteiger charge is -2.39. The van der Waals surface area contributed by atoms with Gasteiger partial charge in [0.15, 0.2) is 0 Å². The lowest BCUT2D eigenvalue weighted by atomic mass is 9.94. The van der Waals surface area contributed by atoms with E-state index in [9.17, 15) is 4.79 Å². The average molecular weight is 468 g/mol. The highest BCUT2D eigenvalue weighted by Gasteiger charge is 2.31. The summed E-state index contributed by atoms with van der Waals surface area (Å²) in [6.45, 7) is 11.7. The molecule has 32 heavy (non-hydrogen) atoms. The lowest BCUT2D eigenvalue weighted by molar-refractivity contribution is 0.102. The van der Waals surface area contributed by atoms with Crippen LogP contribution in [0.3, 0.4) is 0 Å². The number of nitrogens with zero attached hydrogens (tertiary/aromatic N) is 2. The molecule has 1 N–H and O–H groups in total. The fourth-order valence-corrected chi connectivity index (χ4v) is 5.59. The zero-order chi connectivity index (χ0) is 22.7. The molecule has 4 rings (SSSR count). The average Bonchev–Trinajstić information content (AvgIpc) is 3.09. The number of aryl methyl sites for hydroxylation is 1. The molecular formula is C26H30ClN3OS. The number of amides is 1. The lowest BCUT2D eigenvalue weighted by Crippen LogP contribution is -2.47. The third-order valence-electron chi connectivity index (χ3n) is 6.37. The third-order valence-corrected chi connectivity index (χ3v) is 7.76. The van der Waals surface area contributed by atoms with Gasteiger partial charge in [-0.05, 0) is 55.8 Å². The molecule has 4 nitrogen and oxygen atoms in total. The number of piperazine rings is 1. The normalized spacial score (nSPS) is 16.1. The van der Waals surface area contributed by atoms with Crippen molar-refractivity contribution in [3.05, 3.63) is 86.8 Å². The Balaban J connectivity index is 1.73. The minimum absolute atomic E-state index is 0.0706. The number of likely N-dealkylation sites (N-methyl/N-ethyl adjacent to an activating group) is 1. The molecule has 1 aliphatic rings. The number of halogens is 1. The molecule has 1 fully saturated rings. The van der Waals surface area contributed by atoms with Crippen LogP contribution >= 0.6 is 22.9 Å². The summed E-state index contributed by atoms with van der Waals surface area (Å²) in [4.78, 5) is 19.3. The number of carbonyl (C=O) groups excluding carboxylic acids is 1. The standard InChI is InChI=1S/C26H30ClN3OS/c1-4-29-14-16-30(17-15-29)24(20-10-12-22(27)13-11-20)23-18(2)19(3)32-26(23)28-25(31)21-8-6-5-7-9-21/h5-13,24H,4,14-17H2,1-3H3,(H,28,31)/t24-/m1/s1. The molecule has 1 amide bonds. The molecule has 1 aliphatic heterocycles. The van der Waals surface area contributed by atoms with Gasteiger partial charge in [0.05, 0.1) is 6.04 Å². The Morgan fingerprint density at radius 2 is 1.69 bits per heavy atom. The van der Waals surface area contributed by atoms with Crippen LogP contribution in [0.5, 0.6) is 0 Å². The number of benzene rings is 2. The van der Waals surface area contributed by atoms with Crippen LogP contribution in [-0.2, 0) is 0 Å². The van der Waals surface area contributed by atoms with Gasteiger partial charge in [-0.25, -0.2) is 0 Å². The van der Waals surface area contributed by atoms with E-state index in [1.807, 2.05) is 42.5 Å². The molecule has 2 aromatic carbocycles. The number of anilines is 1. The Hall–Kier alpha value is -2.18.